The van der Waals surface area contributed by atoms with Gasteiger partial charge in [0.05, 0.1) is 16.4 Å². The molecule has 0 fully saturated rings. The molecule has 0 aliphatic heterocycles. The van der Waals surface area contributed by atoms with Crippen molar-refractivity contribution in [2.24, 2.45) is 0 Å². The molecular formula is C15H13N3O2. The Kier molecular flexibility index (Phi) is 3.76. The lowest BCUT2D eigenvalue weighted by molar-refractivity contribution is -0.384. The fourth-order valence-electron chi connectivity index (χ4n) is 2.07. The van der Waals surface area contributed by atoms with Crippen LogP contribution in [0.3, 0.4) is 0 Å². The molecule has 0 radical (unpaired) electrons. The Balaban J connectivity index is 2.31. The summed E-state index contributed by atoms with van der Waals surface area (Å²) in [6.45, 7) is 1.82. The standard InChI is InChI=1S/C15H13N3O2/c1-15(11-16,9-12-3-2-8-17-10-12)13-4-6-14(7-5-13)18(19)20/h2-8,10H,9H2,1H3. The monoisotopic (exact) mass is 267 g/mol. The van der Waals surface area contributed by atoms with E-state index in [0.29, 0.717) is 6.42 Å². The fraction of sp³-hybridized carbons (Fsp3) is 0.200. The van der Waals surface area contributed by atoms with Gasteiger partial charge in [-0.05, 0) is 30.5 Å². The Hall–Kier alpha value is -2.74. The van der Waals surface area contributed by atoms with Crippen molar-refractivity contribution in [3.8, 4) is 6.07 Å². The number of nitro benzene ring substituents is 1. The lowest BCUT2D eigenvalue weighted by Gasteiger charge is -2.21. The van der Waals surface area contributed by atoms with Crippen LogP contribution in [0.25, 0.3) is 0 Å². The Bertz CT molecular complexity index is 647. The summed E-state index contributed by atoms with van der Waals surface area (Å²) in [6.07, 6.45) is 3.91. The molecule has 0 aliphatic rings. The first-order valence-corrected chi connectivity index (χ1v) is 6.10. The van der Waals surface area contributed by atoms with Crippen LogP contribution < -0.4 is 0 Å². The van der Waals surface area contributed by atoms with Crippen LogP contribution in [0.2, 0.25) is 0 Å². The minimum Gasteiger partial charge on any atom is -0.264 e. The van der Waals surface area contributed by atoms with E-state index in [0.717, 1.165) is 11.1 Å². The molecule has 0 bridgehead atoms. The number of hydrogen-bond acceptors (Lipinski definition) is 4. The zero-order chi connectivity index (χ0) is 14.6. The third kappa shape index (κ3) is 2.81. The lowest BCUT2D eigenvalue weighted by Crippen LogP contribution is -2.22. The molecule has 0 saturated heterocycles. The summed E-state index contributed by atoms with van der Waals surface area (Å²) in [6, 6.07) is 12.2. The van der Waals surface area contributed by atoms with Gasteiger partial charge < -0.3 is 0 Å². The van der Waals surface area contributed by atoms with Gasteiger partial charge in [0, 0.05) is 24.5 Å². The van der Waals surface area contributed by atoms with Crippen LogP contribution in [-0.4, -0.2) is 9.91 Å². The summed E-state index contributed by atoms with van der Waals surface area (Å²) in [5.74, 6) is 0. The van der Waals surface area contributed by atoms with Gasteiger partial charge in [-0.3, -0.25) is 15.1 Å². The molecular weight excluding hydrogens is 254 g/mol. The largest absolute Gasteiger partial charge is 0.269 e. The van der Waals surface area contributed by atoms with Crippen molar-refractivity contribution in [3.63, 3.8) is 0 Å². The molecule has 0 N–H and O–H groups in total. The third-order valence-corrected chi connectivity index (χ3v) is 3.24. The summed E-state index contributed by atoms with van der Waals surface area (Å²) in [5, 5.41) is 20.1. The maximum absolute atomic E-state index is 10.7. The summed E-state index contributed by atoms with van der Waals surface area (Å²) in [7, 11) is 0. The highest BCUT2D eigenvalue weighted by molar-refractivity contribution is 5.40. The van der Waals surface area contributed by atoms with Crippen LogP contribution in [0.5, 0.6) is 0 Å². The van der Waals surface area contributed by atoms with Crippen LogP contribution in [0, 0.1) is 21.4 Å². The topological polar surface area (TPSA) is 79.8 Å². The number of pyridine rings is 1. The number of nitrogens with zero attached hydrogens (tertiary/aromatic N) is 3. The van der Waals surface area contributed by atoms with Crippen LogP contribution in [0.15, 0.2) is 48.8 Å². The normalized spacial score (nSPS) is 13.2. The highest BCUT2D eigenvalue weighted by atomic mass is 16.6. The first-order valence-electron chi connectivity index (χ1n) is 6.10. The Morgan fingerprint density at radius 3 is 2.55 bits per heavy atom. The van der Waals surface area contributed by atoms with Gasteiger partial charge in [0.25, 0.3) is 5.69 Å². The molecule has 0 amide bonds. The third-order valence-electron chi connectivity index (χ3n) is 3.24. The zero-order valence-electron chi connectivity index (χ0n) is 11.0. The molecule has 1 heterocycles. The first kappa shape index (κ1) is 13.7. The molecule has 1 aromatic carbocycles. The molecule has 5 nitrogen and oxygen atoms in total. The average molecular weight is 267 g/mol. The summed E-state index contributed by atoms with van der Waals surface area (Å²) >= 11 is 0. The van der Waals surface area contributed by atoms with Crippen molar-refractivity contribution in [2.75, 3.05) is 0 Å². The van der Waals surface area contributed by atoms with E-state index in [-0.39, 0.29) is 5.69 Å². The maximum atomic E-state index is 10.7. The minimum atomic E-state index is -0.738. The molecule has 100 valence electrons. The first-order chi connectivity index (χ1) is 9.55. The van der Waals surface area contributed by atoms with E-state index in [9.17, 15) is 15.4 Å². The van der Waals surface area contributed by atoms with Crippen molar-refractivity contribution in [1.82, 2.24) is 4.98 Å². The number of rotatable bonds is 4. The number of non-ortho nitro benzene ring substituents is 1. The van der Waals surface area contributed by atoms with E-state index in [4.69, 9.17) is 0 Å². The SMILES string of the molecule is CC(C#N)(Cc1cccnc1)c1ccc([N+](=O)[O-])cc1. The summed E-state index contributed by atoms with van der Waals surface area (Å²) in [5.41, 5.74) is 0.998. The van der Waals surface area contributed by atoms with Gasteiger partial charge >= 0.3 is 0 Å². The molecule has 0 aliphatic carbocycles. The van der Waals surface area contributed by atoms with Crippen molar-refractivity contribution in [3.05, 3.63) is 70.0 Å². The Morgan fingerprint density at radius 2 is 2.05 bits per heavy atom. The van der Waals surface area contributed by atoms with Crippen molar-refractivity contribution < 1.29 is 4.92 Å². The maximum Gasteiger partial charge on any atom is 0.269 e. The molecule has 0 saturated carbocycles. The number of aromatic nitrogens is 1. The number of hydrogen-bond donors (Lipinski definition) is 0. The van der Waals surface area contributed by atoms with Gasteiger partial charge in [0.1, 0.15) is 0 Å². The van der Waals surface area contributed by atoms with Gasteiger partial charge in [-0.2, -0.15) is 5.26 Å². The number of nitriles is 1. The average Bonchev–Trinajstić information content (AvgIpc) is 2.48. The van der Waals surface area contributed by atoms with Crippen molar-refractivity contribution in [1.29, 1.82) is 5.26 Å². The van der Waals surface area contributed by atoms with E-state index < -0.39 is 10.3 Å². The molecule has 20 heavy (non-hydrogen) atoms. The quantitative estimate of drug-likeness (QED) is 0.630. The fourth-order valence-corrected chi connectivity index (χ4v) is 2.07. The van der Waals surface area contributed by atoms with Crippen molar-refractivity contribution in [2.45, 2.75) is 18.8 Å². The van der Waals surface area contributed by atoms with Gasteiger partial charge in [-0.25, -0.2) is 0 Å². The van der Waals surface area contributed by atoms with E-state index >= 15 is 0 Å². The summed E-state index contributed by atoms with van der Waals surface area (Å²) < 4.78 is 0. The molecule has 1 aromatic heterocycles. The Labute approximate surface area is 116 Å². The number of nitro groups is 1. The molecule has 5 heteroatoms. The second-order valence-corrected chi connectivity index (χ2v) is 4.79. The van der Waals surface area contributed by atoms with Gasteiger partial charge in [-0.1, -0.05) is 18.2 Å². The highest BCUT2D eigenvalue weighted by Crippen LogP contribution is 2.28. The van der Waals surface area contributed by atoms with E-state index in [1.54, 1.807) is 24.5 Å². The van der Waals surface area contributed by atoms with Crippen molar-refractivity contribution >= 4 is 5.69 Å². The van der Waals surface area contributed by atoms with Crippen LogP contribution >= 0.6 is 0 Å². The van der Waals surface area contributed by atoms with E-state index in [1.807, 2.05) is 19.1 Å². The predicted molar refractivity (Wildman–Crippen MR) is 74.0 cm³/mol. The molecule has 2 aromatic rings. The second-order valence-electron chi connectivity index (χ2n) is 4.79. The molecule has 1 atom stereocenters. The van der Waals surface area contributed by atoms with Crippen LogP contribution in [-0.2, 0) is 11.8 Å². The predicted octanol–water partition coefficient (Wildman–Crippen LogP) is 3.01. The molecule has 2 rings (SSSR count). The lowest BCUT2D eigenvalue weighted by atomic mass is 9.79. The molecule has 0 spiro atoms. The second kappa shape index (κ2) is 5.49. The molecule has 1 unspecified atom stereocenters. The minimum absolute atomic E-state index is 0.0235. The smallest absolute Gasteiger partial charge is 0.264 e. The van der Waals surface area contributed by atoms with Gasteiger partial charge in [0.15, 0.2) is 0 Å². The zero-order valence-corrected chi connectivity index (χ0v) is 11.0. The summed E-state index contributed by atoms with van der Waals surface area (Å²) in [4.78, 5) is 14.2. The highest BCUT2D eigenvalue weighted by Gasteiger charge is 2.27. The van der Waals surface area contributed by atoms with E-state index in [1.165, 1.54) is 12.1 Å². The van der Waals surface area contributed by atoms with Crippen LogP contribution in [0.1, 0.15) is 18.1 Å². The van der Waals surface area contributed by atoms with Gasteiger partial charge in [0.2, 0.25) is 0 Å². The number of benzene rings is 1. The van der Waals surface area contributed by atoms with Gasteiger partial charge in [-0.15, -0.1) is 0 Å². The Morgan fingerprint density at radius 1 is 1.35 bits per heavy atom. The van der Waals surface area contributed by atoms with Crippen LogP contribution in [0.4, 0.5) is 5.69 Å². The van der Waals surface area contributed by atoms with E-state index in [2.05, 4.69) is 11.1 Å².